The Balaban J connectivity index is 1.95. The van der Waals surface area contributed by atoms with Gasteiger partial charge in [-0.2, -0.15) is 5.10 Å². The number of methoxy groups -OCH3 is 1. The Labute approximate surface area is 130 Å². The van der Waals surface area contributed by atoms with Gasteiger partial charge in [0.2, 0.25) is 5.91 Å². The molecule has 1 amide bonds. The summed E-state index contributed by atoms with van der Waals surface area (Å²) in [7, 11) is 3.47. The van der Waals surface area contributed by atoms with Crippen LogP contribution in [0.1, 0.15) is 12.6 Å². The molecule has 1 atom stereocenters. The van der Waals surface area contributed by atoms with Crippen molar-refractivity contribution in [3.8, 4) is 11.4 Å². The first-order valence-electron chi connectivity index (χ1n) is 7.25. The van der Waals surface area contributed by atoms with Crippen molar-refractivity contribution in [2.75, 3.05) is 20.7 Å². The first-order valence-corrected chi connectivity index (χ1v) is 7.25. The van der Waals surface area contributed by atoms with Gasteiger partial charge in [-0.3, -0.25) is 4.79 Å². The molecule has 0 radical (unpaired) electrons. The molecule has 0 aliphatic carbocycles. The molecule has 0 aliphatic heterocycles. The highest BCUT2D eigenvalue weighted by molar-refractivity contribution is 5.78. The van der Waals surface area contributed by atoms with E-state index in [1.807, 2.05) is 50.5 Å². The zero-order chi connectivity index (χ0) is 15.9. The molecule has 0 aliphatic rings. The molecule has 22 heavy (non-hydrogen) atoms. The highest BCUT2D eigenvalue weighted by Gasteiger charge is 2.11. The topological polar surface area (TPSA) is 68.2 Å². The third kappa shape index (κ3) is 4.08. The lowest BCUT2D eigenvalue weighted by atomic mass is 10.1. The first kappa shape index (κ1) is 16.0. The molecule has 1 aromatic carbocycles. The average molecular weight is 302 g/mol. The van der Waals surface area contributed by atoms with E-state index in [2.05, 4.69) is 15.7 Å². The Kier molecular flexibility index (Phi) is 5.55. The van der Waals surface area contributed by atoms with Crippen LogP contribution in [0.3, 0.4) is 0 Å². The number of hydrogen-bond donors (Lipinski definition) is 2. The fourth-order valence-electron chi connectivity index (χ4n) is 2.09. The predicted molar refractivity (Wildman–Crippen MR) is 85.1 cm³/mol. The molecule has 1 unspecified atom stereocenters. The summed E-state index contributed by atoms with van der Waals surface area (Å²) in [5.74, 6) is 0.768. The van der Waals surface area contributed by atoms with E-state index in [1.165, 1.54) is 0 Å². The summed E-state index contributed by atoms with van der Waals surface area (Å²) in [4.78, 5) is 11.9. The fourth-order valence-corrected chi connectivity index (χ4v) is 2.09. The Hall–Kier alpha value is -2.34. The van der Waals surface area contributed by atoms with Crippen LogP contribution in [0.2, 0.25) is 0 Å². The Morgan fingerprint density at radius 2 is 2.05 bits per heavy atom. The molecule has 0 spiro atoms. The van der Waals surface area contributed by atoms with Gasteiger partial charge in [-0.15, -0.1) is 0 Å². The van der Waals surface area contributed by atoms with E-state index < -0.39 is 0 Å². The Bertz CT molecular complexity index is 607. The van der Waals surface area contributed by atoms with Gasteiger partial charge in [0.15, 0.2) is 0 Å². The van der Waals surface area contributed by atoms with Crippen molar-refractivity contribution in [2.24, 2.45) is 5.92 Å². The third-order valence-electron chi connectivity index (χ3n) is 3.38. The molecule has 118 valence electrons. The number of hydrogen-bond acceptors (Lipinski definition) is 4. The normalized spacial score (nSPS) is 12.0. The summed E-state index contributed by atoms with van der Waals surface area (Å²) in [6.45, 7) is 2.98. The van der Waals surface area contributed by atoms with E-state index in [4.69, 9.17) is 4.74 Å². The van der Waals surface area contributed by atoms with Crippen LogP contribution in [0, 0.1) is 5.92 Å². The van der Waals surface area contributed by atoms with Gasteiger partial charge in [0.05, 0.1) is 25.0 Å². The van der Waals surface area contributed by atoms with Gasteiger partial charge in [0.25, 0.3) is 0 Å². The summed E-state index contributed by atoms with van der Waals surface area (Å²) in [6.07, 6.45) is 1.88. The lowest BCUT2D eigenvalue weighted by Gasteiger charge is -2.10. The van der Waals surface area contributed by atoms with Crippen molar-refractivity contribution in [1.29, 1.82) is 0 Å². The maximum absolute atomic E-state index is 11.9. The number of aromatic nitrogens is 2. The predicted octanol–water partition coefficient (Wildman–Crippen LogP) is 1.35. The minimum Gasteiger partial charge on any atom is -0.497 e. The van der Waals surface area contributed by atoms with Crippen molar-refractivity contribution in [3.05, 3.63) is 42.2 Å². The number of ether oxygens (including phenoxy) is 1. The molecular formula is C16H22N4O2. The van der Waals surface area contributed by atoms with Gasteiger partial charge in [-0.25, -0.2) is 4.68 Å². The summed E-state index contributed by atoms with van der Waals surface area (Å²) in [6, 6.07) is 9.54. The maximum Gasteiger partial charge on any atom is 0.224 e. The molecule has 0 fully saturated rings. The average Bonchev–Trinajstić information content (AvgIpc) is 3.02. The van der Waals surface area contributed by atoms with Crippen LogP contribution in [0.15, 0.2) is 36.5 Å². The molecule has 0 saturated carbocycles. The van der Waals surface area contributed by atoms with E-state index in [0.717, 1.165) is 17.1 Å². The van der Waals surface area contributed by atoms with E-state index >= 15 is 0 Å². The van der Waals surface area contributed by atoms with Crippen LogP contribution in [-0.4, -0.2) is 36.4 Å². The molecule has 6 heteroatoms. The standard InChI is InChI=1S/C16H22N4O2/c1-12(10-17-2)16(21)18-11-13-8-9-20(19-13)14-4-6-15(22-3)7-5-14/h4-9,12,17H,10-11H2,1-3H3,(H,18,21). The van der Waals surface area contributed by atoms with Crippen LogP contribution in [0.25, 0.3) is 5.69 Å². The van der Waals surface area contributed by atoms with Crippen molar-refractivity contribution in [1.82, 2.24) is 20.4 Å². The number of amides is 1. The molecule has 0 bridgehead atoms. The van der Waals surface area contributed by atoms with Crippen molar-refractivity contribution in [2.45, 2.75) is 13.5 Å². The monoisotopic (exact) mass is 302 g/mol. The summed E-state index contributed by atoms with van der Waals surface area (Å²) >= 11 is 0. The minimum atomic E-state index is -0.0614. The highest BCUT2D eigenvalue weighted by atomic mass is 16.5. The van der Waals surface area contributed by atoms with Crippen molar-refractivity contribution < 1.29 is 9.53 Å². The van der Waals surface area contributed by atoms with Crippen LogP contribution in [0.4, 0.5) is 0 Å². The second-order valence-electron chi connectivity index (χ2n) is 5.13. The fraction of sp³-hybridized carbons (Fsp3) is 0.375. The number of benzene rings is 1. The van der Waals surface area contributed by atoms with Crippen LogP contribution >= 0.6 is 0 Å². The third-order valence-corrected chi connectivity index (χ3v) is 3.38. The van der Waals surface area contributed by atoms with Crippen LogP contribution in [0.5, 0.6) is 5.75 Å². The summed E-state index contributed by atoms with van der Waals surface area (Å²) in [5.41, 5.74) is 1.77. The zero-order valence-corrected chi connectivity index (χ0v) is 13.2. The highest BCUT2D eigenvalue weighted by Crippen LogP contribution is 2.14. The minimum absolute atomic E-state index is 0.0216. The number of nitrogens with one attached hydrogen (secondary N) is 2. The number of rotatable bonds is 7. The van der Waals surface area contributed by atoms with Gasteiger partial charge in [-0.1, -0.05) is 6.92 Å². The van der Waals surface area contributed by atoms with Gasteiger partial charge in [0.1, 0.15) is 5.75 Å². The van der Waals surface area contributed by atoms with E-state index in [0.29, 0.717) is 13.1 Å². The second-order valence-corrected chi connectivity index (χ2v) is 5.13. The van der Waals surface area contributed by atoms with Crippen LogP contribution in [-0.2, 0) is 11.3 Å². The smallest absolute Gasteiger partial charge is 0.224 e. The van der Waals surface area contributed by atoms with Gasteiger partial charge in [-0.05, 0) is 37.4 Å². The largest absolute Gasteiger partial charge is 0.497 e. The molecule has 6 nitrogen and oxygen atoms in total. The summed E-state index contributed by atoms with van der Waals surface area (Å²) < 4.78 is 6.91. The molecule has 2 rings (SSSR count). The zero-order valence-electron chi connectivity index (χ0n) is 13.2. The second kappa shape index (κ2) is 7.61. The van der Waals surface area contributed by atoms with Crippen molar-refractivity contribution in [3.63, 3.8) is 0 Å². The van der Waals surface area contributed by atoms with Gasteiger partial charge >= 0.3 is 0 Å². The number of nitrogens with zero attached hydrogens (tertiary/aromatic N) is 2. The maximum atomic E-state index is 11.9. The molecular weight excluding hydrogens is 280 g/mol. The molecule has 2 N–H and O–H groups in total. The van der Waals surface area contributed by atoms with Gasteiger partial charge in [0, 0.05) is 18.7 Å². The molecule has 0 saturated heterocycles. The number of carbonyl (C=O) groups is 1. The summed E-state index contributed by atoms with van der Waals surface area (Å²) in [5, 5.41) is 10.3. The molecule has 1 aromatic heterocycles. The Morgan fingerprint density at radius 3 is 2.68 bits per heavy atom. The quantitative estimate of drug-likeness (QED) is 0.810. The van der Waals surface area contributed by atoms with Crippen molar-refractivity contribution >= 4 is 5.91 Å². The van der Waals surface area contributed by atoms with E-state index in [1.54, 1.807) is 11.8 Å². The molecule has 2 aromatic rings. The van der Waals surface area contributed by atoms with Gasteiger partial charge < -0.3 is 15.4 Å². The lowest BCUT2D eigenvalue weighted by Crippen LogP contribution is -2.34. The molecule has 1 heterocycles. The lowest BCUT2D eigenvalue weighted by molar-refractivity contribution is -0.124. The Morgan fingerprint density at radius 1 is 1.32 bits per heavy atom. The van der Waals surface area contributed by atoms with E-state index in [9.17, 15) is 4.79 Å². The first-order chi connectivity index (χ1) is 10.6. The van der Waals surface area contributed by atoms with E-state index in [-0.39, 0.29) is 11.8 Å². The number of carbonyl (C=O) groups excluding carboxylic acids is 1. The SMILES string of the molecule is CNCC(C)C(=O)NCc1ccn(-c2ccc(OC)cc2)n1. The van der Waals surface area contributed by atoms with Crippen LogP contribution < -0.4 is 15.4 Å².